The maximum atomic E-state index is 12.4. The summed E-state index contributed by atoms with van der Waals surface area (Å²) in [5.41, 5.74) is 8.12. The van der Waals surface area contributed by atoms with Crippen molar-refractivity contribution in [2.45, 2.75) is 6.92 Å². The van der Waals surface area contributed by atoms with E-state index in [0.717, 1.165) is 22.6 Å². The number of rotatable bonds is 4. The topological polar surface area (TPSA) is 98.0 Å². The molecular weight excluding hydrogens is 324 g/mol. The van der Waals surface area contributed by atoms with Crippen LogP contribution in [0.25, 0.3) is 11.3 Å². The summed E-state index contributed by atoms with van der Waals surface area (Å²) in [5.74, 6) is -0.957. The van der Waals surface area contributed by atoms with Crippen molar-refractivity contribution < 1.29 is 9.59 Å². The lowest BCUT2D eigenvalue weighted by Gasteiger charge is -2.07. The van der Waals surface area contributed by atoms with E-state index in [9.17, 15) is 9.59 Å². The molecular formula is C17H14N4O2S. The molecule has 0 radical (unpaired) electrons. The first-order valence-corrected chi connectivity index (χ1v) is 8.02. The van der Waals surface area contributed by atoms with Crippen LogP contribution in [0.2, 0.25) is 0 Å². The summed E-state index contributed by atoms with van der Waals surface area (Å²) in [4.78, 5) is 31.9. The highest BCUT2D eigenvalue weighted by Crippen LogP contribution is 2.20. The van der Waals surface area contributed by atoms with Crippen molar-refractivity contribution in [3.8, 4) is 11.3 Å². The number of anilines is 1. The van der Waals surface area contributed by atoms with E-state index >= 15 is 0 Å². The minimum absolute atomic E-state index is 0.129. The number of nitrogens with one attached hydrogen (secondary N) is 1. The number of amides is 2. The first-order valence-electron chi connectivity index (χ1n) is 7.14. The number of thiazole rings is 1. The highest BCUT2D eigenvalue weighted by Gasteiger charge is 2.14. The highest BCUT2D eigenvalue weighted by molar-refractivity contribution is 7.14. The van der Waals surface area contributed by atoms with E-state index in [1.54, 1.807) is 19.1 Å². The Balaban J connectivity index is 1.81. The Morgan fingerprint density at radius 2 is 1.83 bits per heavy atom. The Kier molecular flexibility index (Phi) is 4.35. The van der Waals surface area contributed by atoms with Gasteiger partial charge in [-0.1, -0.05) is 30.3 Å². The number of hydrogen-bond donors (Lipinski definition) is 2. The fourth-order valence-electron chi connectivity index (χ4n) is 2.18. The van der Waals surface area contributed by atoms with Gasteiger partial charge >= 0.3 is 0 Å². The molecule has 6 nitrogen and oxygen atoms in total. The summed E-state index contributed by atoms with van der Waals surface area (Å²) in [6.45, 7) is 1.78. The van der Waals surface area contributed by atoms with Gasteiger partial charge in [0.25, 0.3) is 11.8 Å². The second kappa shape index (κ2) is 6.59. The summed E-state index contributed by atoms with van der Waals surface area (Å²) in [6.07, 6.45) is 0. The molecule has 0 spiro atoms. The Morgan fingerprint density at radius 3 is 2.46 bits per heavy atom. The zero-order valence-corrected chi connectivity index (χ0v) is 13.6. The highest BCUT2D eigenvalue weighted by atomic mass is 32.1. The van der Waals surface area contributed by atoms with Gasteiger partial charge in [-0.15, -0.1) is 11.3 Å². The van der Waals surface area contributed by atoms with E-state index in [0.29, 0.717) is 16.4 Å². The van der Waals surface area contributed by atoms with E-state index in [2.05, 4.69) is 15.3 Å². The van der Waals surface area contributed by atoms with Crippen LogP contribution in [-0.4, -0.2) is 21.8 Å². The quantitative estimate of drug-likeness (QED) is 0.764. The third-order valence-electron chi connectivity index (χ3n) is 3.38. The third kappa shape index (κ3) is 3.31. The van der Waals surface area contributed by atoms with E-state index < -0.39 is 5.91 Å². The normalized spacial score (nSPS) is 10.4. The van der Waals surface area contributed by atoms with Crippen LogP contribution in [0, 0.1) is 6.92 Å². The molecule has 0 fully saturated rings. The fraction of sp³-hybridized carbons (Fsp3) is 0.0588. The van der Waals surface area contributed by atoms with Crippen LogP contribution >= 0.6 is 11.3 Å². The summed E-state index contributed by atoms with van der Waals surface area (Å²) in [5, 5.41) is 4.48. The van der Waals surface area contributed by atoms with Crippen molar-refractivity contribution in [2.24, 2.45) is 5.73 Å². The summed E-state index contributed by atoms with van der Waals surface area (Å²) >= 11 is 1.14. The second-order valence-corrected chi connectivity index (χ2v) is 5.91. The number of aromatic nitrogens is 2. The summed E-state index contributed by atoms with van der Waals surface area (Å²) in [6, 6.07) is 13.3. The van der Waals surface area contributed by atoms with Crippen molar-refractivity contribution in [3.63, 3.8) is 0 Å². The summed E-state index contributed by atoms with van der Waals surface area (Å²) < 4.78 is 0. The number of pyridine rings is 1. The molecule has 0 unspecified atom stereocenters. The average Bonchev–Trinajstić information content (AvgIpc) is 3.04. The molecule has 2 amide bonds. The van der Waals surface area contributed by atoms with Gasteiger partial charge in [-0.2, -0.15) is 0 Å². The fourth-order valence-corrected chi connectivity index (χ4v) is 2.87. The molecule has 0 aliphatic heterocycles. The van der Waals surface area contributed by atoms with Crippen LogP contribution in [0.4, 0.5) is 5.13 Å². The monoisotopic (exact) mass is 338 g/mol. The van der Waals surface area contributed by atoms with Crippen LogP contribution in [0.15, 0.2) is 47.8 Å². The van der Waals surface area contributed by atoms with E-state index in [1.165, 1.54) is 5.38 Å². The lowest BCUT2D eigenvalue weighted by Crippen LogP contribution is -2.15. The Labute approximate surface area is 142 Å². The smallest absolute Gasteiger partial charge is 0.268 e. The molecule has 0 atom stereocenters. The van der Waals surface area contributed by atoms with Gasteiger partial charge < -0.3 is 5.73 Å². The Morgan fingerprint density at radius 1 is 1.08 bits per heavy atom. The van der Waals surface area contributed by atoms with Crippen LogP contribution in [0.1, 0.15) is 26.5 Å². The maximum absolute atomic E-state index is 12.4. The number of benzene rings is 1. The van der Waals surface area contributed by atoms with Gasteiger partial charge in [-0.05, 0) is 19.1 Å². The SMILES string of the molecule is Cc1nc(-c2ccccc2)ccc1C(=O)Nc1nc(C(N)=O)cs1. The maximum Gasteiger partial charge on any atom is 0.268 e. The van der Waals surface area contributed by atoms with E-state index in [-0.39, 0.29) is 11.6 Å². The molecule has 0 aliphatic carbocycles. The van der Waals surface area contributed by atoms with Crippen LogP contribution in [0.3, 0.4) is 0 Å². The number of aryl methyl sites for hydroxylation is 1. The van der Waals surface area contributed by atoms with Crippen molar-refractivity contribution in [2.75, 3.05) is 5.32 Å². The van der Waals surface area contributed by atoms with Gasteiger partial charge in [-0.25, -0.2) is 4.98 Å². The zero-order chi connectivity index (χ0) is 17.1. The molecule has 1 aromatic carbocycles. The van der Waals surface area contributed by atoms with Crippen molar-refractivity contribution >= 4 is 28.3 Å². The molecule has 0 bridgehead atoms. The number of primary amides is 1. The predicted octanol–water partition coefficient (Wildman–Crippen LogP) is 2.86. The molecule has 3 rings (SSSR count). The summed E-state index contributed by atoms with van der Waals surface area (Å²) in [7, 11) is 0. The van der Waals surface area contributed by atoms with Gasteiger partial charge in [0.1, 0.15) is 5.69 Å². The van der Waals surface area contributed by atoms with Gasteiger partial charge in [0, 0.05) is 10.9 Å². The zero-order valence-electron chi connectivity index (χ0n) is 12.8. The number of nitrogens with two attached hydrogens (primary N) is 1. The van der Waals surface area contributed by atoms with Crippen molar-refractivity contribution in [3.05, 3.63) is 64.8 Å². The number of hydrogen-bond acceptors (Lipinski definition) is 5. The van der Waals surface area contributed by atoms with Gasteiger partial charge in [-0.3, -0.25) is 19.9 Å². The second-order valence-electron chi connectivity index (χ2n) is 5.05. The van der Waals surface area contributed by atoms with Crippen molar-refractivity contribution in [1.29, 1.82) is 0 Å². The van der Waals surface area contributed by atoms with Crippen LogP contribution in [0.5, 0.6) is 0 Å². The lowest BCUT2D eigenvalue weighted by molar-refractivity contribution is 0.0992. The minimum atomic E-state index is -0.628. The molecule has 2 heterocycles. The first kappa shape index (κ1) is 15.8. The molecule has 120 valence electrons. The largest absolute Gasteiger partial charge is 0.364 e. The molecule has 0 saturated heterocycles. The number of carbonyl (C=O) groups is 2. The third-order valence-corrected chi connectivity index (χ3v) is 4.13. The van der Waals surface area contributed by atoms with Crippen LogP contribution < -0.4 is 11.1 Å². The average molecular weight is 338 g/mol. The van der Waals surface area contributed by atoms with Gasteiger partial charge in [0.15, 0.2) is 5.13 Å². The molecule has 24 heavy (non-hydrogen) atoms. The number of nitrogens with zero attached hydrogens (tertiary/aromatic N) is 2. The predicted molar refractivity (Wildman–Crippen MR) is 93.0 cm³/mol. The molecule has 7 heteroatoms. The Bertz CT molecular complexity index is 906. The first-order chi connectivity index (χ1) is 11.5. The molecule has 0 aliphatic rings. The van der Waals surface area contributed by atoms with E-state index in [4.69, 9.17) is 5.73 Å². The minimum Gasteiger partial charge on any atom is -0.364 e. The Hall–Kier alpha value is -3.06. The van der Waals surface area contributed by atoms with Crippen LogP contribution in [-0.2, 0) is 0 Å². The lowest BCUT2D eigenvalue weighted by atomic mass is 10.1. The standard InChI is InChI=1S/C17H14N4O2S/c1-10-12(7-8-13(19-10)11-5-3-2-4-6-11)16(23)21-17-20-14(9-24-17)15(18)22/h2-9H,1H3,(H2,18,22)(H,20,21,23). The molecule has 0 saturated carbocycles. The van der Waals surface area contributed by atoms with Gasteiger partial charge in [0.05, 0.1) is 17.0 Å². The molecule has 3 aromatic rings. The molecule has 2 aromatic heterocycles. The molecule has 3 N–H and O–H groups in total. The van der Waals surface area contributed by atoms with Gasteiger partial charge in [0.2, 0.25) is 0 Å². The van der Waals surface area contributed by atoms with Crippen molar-refractivity contribution in [1.82, 2.24) is 9.97 Å². The van der Waals surface area contributed by atoms with E-state index in [1.807, 2.05) is 30.3 Å². The number of carbonyl (C=O) groups excluding carboxylic acids is 2.